The van der Waals surface area contributed by atoms with E-state index >= 15 is 0 Å². The van der Waals surface area contributed by atoms with Gasteiger partial charge in [0.1, 0.15) is 5.82 Å². The highest BCUT2D eigenvalue weighted by atomic mass is 79.9. The van der Waals surface area contributed by atoms with Gasteiger partial charge in [0.05, 0.1) is 0 Å². The summed E-state index contributed by atoms with van der Waals surface area (Å²) in [4.78, 5) is 4.25. The maximum absolute atomic E-state index is 4.25. The number of halogens is 1. The first kappa shape index (κ1) is 11.2. The van der Waals surface area contributed by atoms with E-state index < -0.39 is 0 Å². The highest BCUT2D eigenvalue weighted by Gasteiger charge is 2.01. The zero-order chi connectivity index (χ0) is 10.4. The minimum atomic E-state index is 0.786. The number of hydrogen-bond donors (Lipinski definition) is 2. The average molecular weight is 256 g/mol. The first-order chi connectivity index (χ1) is 6.77. The van der Waals surface area contributed by atoms with Crippen LogP contribution in [0.3, 0.4) is 0 Å². The van der Waals surface area contributed by atoms with E-state index in [-0.39, 0.29) is 0 Å². The first-order valence-electron chi connectivity index (χ1n) is 4.41. The van der Waals surface area contributed by atoms with Crippen molar-refractivity contribution in [3.05, 3.63) is 35.0 Å². The van der Waals surface area contributed by atoms with Gasteiger partial charge in [-0.3, -0.25) is 0 Å². The molecule has 1 heterocycles. The van der Waals surface area contributed by atoms with Crippen LogP contribution in [-0.4, -0.2) is 18.6 Å². The maximum atomic E-state index is 4.25. The molecule has 0 amide bonds. The van der Waals surface area contributed by atoms with Crippen molar-refractivity contribution in [2.45, 2.75) is 6.54 Å². The van der Waals surface area contributed by atoms with Gasteiger partial charge in [-0.05, 0) is 22.0 Å². The zero-order valence-electron chi connectivity index (χ0n) is 8.18. The van der Waals surface area contributed by atoms with E-state index in [1.54, 1.807) is 6.20 Å². The molecule has 0 aliphatic carbocycles. The molecule has 0 saturated carbocycles. The molecule has 0 unspecified atom stereocenters. The molecule has 1 aromatic rings. The lowest BCUT2D eigenvalue weighted by Crippen LogP contribution is -2.14. The average Bonchev–Trinajstić information content (AvgIpc) is 2.19. The summed E-state index contributed by atoms with van der Waals surface area (Å²) in [6, 6.07) is 2.05. The molecule has 0 atom stereocenters. The molecular weight excluding hydrogens is 242 g/mol. The van der Waals surface area contributed by atoms with Crippen molar-refractivity contribution in [3.8, 4) is 0 Å². The van der Waals surface area contributed by atoms with E-state index in [1.165, 1.54) is 0 Å². The number of nitrogens with one attached hydrogen (secondary N) is 2. The number of rotatable bonds is 5. The Hall–Kier alpha value is -0.870. The van der Waals surface area contributed by atoms with Crippen molar-refractivity contribution in [1.82, 2.24) is 10.3 Å². The standard InChI is InChI=1S/C10H14BrN3/c1-3-4-13-6-8-5-9(11)7-14-10(8)12-2/h3,5,7,13H,1,4,6H2,2H3,(H,12,14). The Kier molecular flexibility index (Phi) is 4.62. The van der Waals surface area contributed by atoms with Crippen LogP contribution in [0.1, 0.15) is 5.56 Å². The highest BCUT2D eigenvalue weighted by Crippen LogP contribution is 2.17. The van der Waals surface area contributed by atoms with Crippen LogP contribution in [0.25, 0.3) is 0 Å². The van der Waals surface area contributed by atoms with Crippen molar-refractivity contribution in [1.29, 1.82) is 0 Å². The second-order valence-corrected chi connectivity index (χ2v) is 3.75. The summed E-state index contributed by atoms with van der Waals surface area (Å²) in [5, 5.41) is 6.29. The predicted octanol–water partition coefficient (Wildman–Crippen LogP) is 2.16. The topological polar surface area (TPSA) is 37.0 Å². The summed E-state index contributed by atoms with van der Waals surface area (Å²) in [6.45, 7) is 5.24. The first-order valence-corrected chi connectivity index (χ1v) is 5.21. The van der Waals surface area contributed by atoms with Crippen LogP contribution < -0.4 is 10.6 Å². The fraction of sp³-hybridized carbons (Fsp3) is 0.300. The van der Waals surface area contributed by atoms with Gasteiger partial charge in [-0.25, -0.2) is 4.98 Å². The van der Waals surface area contributed by atoms with Gasteiger partial charge in [0.15, 0.2) is 0 Å². The molecular formula is C10H14BrN3. The zero-order valence-corrected chi connectivity index (χ0v) is 9.76. The van der Waals surface area contributed by atoms with Crippen LogP contribution in [0, 0.1) is 0 Å². The molecule has 1 rings (SSSR count). The van der Waals surface area contributed by atoms with E-state index in [2.05, 4.69) is 44.2 Å². The van der Waals surface area contributed by atoms with Crippen molar-refractivity contribution in [2.24, 2.45) is 0 Å². The fourth-order valence-corrected chi connectivity index (χ4v) is 1.53. The van der Waals surface area contributed by atoms with Gasteiger partial charge in [-0.15, -0.1) is 6.58 Å². The third kappa shape index (κ3) is 3.12. The fourth-order valence-electron chi connectivity index (χ4n) is 1.15. The summed E-state index contributed by atoms with van der Waals surface area (Å²) < 4.78 is 0.993. The molecule has 0 radical (unpaired) electrons. The Morgan fingerprint density at radius 2 is 2.43 bits per heavy atom. The Labute approximate surface area is 92.8 Å². The Morgan fingerprint density at radius 3 is 3.07 bits per heavy atom. The highest BCUT2D eigenvalue weighted by molar-refractivity contribution is 9.10. The number of aromatic nitrogens is 1. The van der Waals surface area contributed by atoms with Crippen molar-refractivity contribution in [3.63, 3.8) is 0 Å². The number of anilines is 1. The Bertz CT molecular complexity index is 312. The molecule has 1 aromatic heterocycles. The number of pyridine rings is 1. The third-order valence-corrected chi connectivity index (χ3v) is 2.21. The van der Waals surface area contributed by atoms with Gasteiger partial charge in [-0.1, -0.05) is 6.08 Å². The molecule has 0 aliphatic heterocycles. The molecule has 4 heteroatoms. The van der Waals surface area contributed by atoms with E-state index in [4.69, 9.17) is 0 Å². The molecule has 0 aliphatic rings. The normalized spacial score (nSPS) is 9.86. The van der Waals surface area contributed by atoms with E-state index in [0.29, 0.717) is 0 Å². The lowest BCUT2D eigenvalue weighted by Gasteiger charge is -2.08. The summed E-state index contributed by atoms with van der Waals surface area (Å²) in [5.74, 6) is 0.907. The monoisotopic (exact) mass is 255 g/mol. The molecule has 0 aromatic carbocycles. The quantitative estimate of drug-likeness (QED) is 0.626. The Balaban J connectivity index is 2.71. The van der Waals surface area contributed by atoms with Gasteiger partial charge in [0, 0.05) is 36.4 Å². The number of hydrogen-bond acceptors (Lipinski definition) is 3. The minimum Gasteiger partial charge on any atom is -0.373 e. The largest absolute Gasteiger partial charge is 0.373 e. The van der Waals surface area contributed by atoms with E-state index in [1.807, 2.05) is 13.1 Å². The third-order valence-electron chi connectivity index (χ3n) is 1.77. The van der Waals surface area contributed by atoms with Crippen molar-refractivity contribution in [2.75, 3.05) is 18.9 Å². The molecule has 76 valence electrons. The van der Waals surface area contributed by atoms with E-state index in [9.17, 15) is 0 Å². The summed E-state index contributed by atoms with van der Waals surface area (Å²) in [5.41, 5.74) is 1.14. The van der Waals surface area contributed by atoms with Crippen LogP contribution in [0.2, 0.25) is 0 Å². The van der Waals surface area contributed by atoms with Crippen molar-refractivity contribution < 1.29 is 0 Å². The molecule has 3 nitrogen and oxygen atoms in total. The maximum Gasteiger partial charge on any atom is 0.130 e. The van der Waals surface area contributed by atoms with Crippen LogP contribution in [0.4, 0.5) is 5.82 Å². The predicted molar refractivity (Wildman–Crippen MR) is 63.4 cm³/mol. The SMILES string of the molecule is C=CCNCc1cc(Br)cnc1NC. The second-order valence-electron chi connectivity index (χ2n) is 2.83. The van der Waals surface area contributed by atoms with Gasteiger partial charge in [0.25, 0.3) is 0 Å². The summed E-state index contributed by atoms with van der Waals surface area (Å²) >= 11 is 3.40. The van der Waals surface area contributed by atoms with Gasteiger partial charge < -0.3 is 10.6 Å². The molecule has 0 spiro atoms. The molecule has 14 heavy (non-hydrogen) atoms. The van der Waals surface area contributed by atoms with Crippen LogP contribution >= 0.6 is 15.9 Å². The molecule has 0 fully saturated rings. The van der Waals surface area contributed by atoms with E-state index in [0.717, 1.165) is 28.9 Å². The van der Waals surface area contributed by atoms with Crippen LogP contribution in [0.5, 0.6) is 0 Å². The summed E-state index contributed by atoms with van der Waals surface area (Å²) in [7, 11) is 1.87. The Morgan fingerprint density at radius 1 is 1.64 bits per heavy atom. The number of nitrogens with zero attached hydrogens (tertiary/aromatic N) is 1. The molecule has 0 bridgehead atoms. The van der Waals surface area contributed by atoms with Crippen LogP contribution in [0.15, 0.2) is 29.4 Å². The smallest absolute Gasteiger partial charge is 0.130 e. The lowest BCUT2D eigenvalue weighted by atomic mass is 10.2. The van der Waals surface area contributed by atoms with Crippen LogP contribution in [-0.2, 0) is 6.54 Å². The van der Waals surface area contributed by atoms with Gasteiger partial charge in [0.2, 0.25) is 0 Å². The second kappa shape index (κ2) is 5.78. The minimum absolute atomic E-state index is 0.786. The van der Waals surface area contributed by atoms with Crippen molar-refractivity contribution >= 4 is 21.7 Å². The molecule has 2 N–H and O–H groups in total. The van der Waals surface area contributed by atoms with Gasteiger partial charge in [-0.2, -0.15) is 0 Å². The lowest BCUT2D eigenvalue weighted by molar-refractivity contribution is 0.758. The summed E-state index contributed by atoms with van der Waals surface area (Å²) in [6.07, 6.45) is 3.62. The molecule has 0 saturated heterocycles. The van der Waals surface area contributed by atoms with Gasteiger partial charge >= 0.3 is 0 Å².